The Balaban J connectivity index is 2.15. The molecule has 1 saturated carbocycles. The van der Waals surface area contributed by atoms with Crippen LogP contribution in [0.4, 0.5) is 0 Å². The molecule has 0 bridgehead atoms. The molecule has 0 amide bonds. The number of carbonyl (C=O) groups excluding carboxylic acids is 1. The molecule has 0 saturated heterocycles. The highest BCUT2D eigenvalue weighted by atomic mass is 16.4. The molecule has 18 heavy (non-hydrogen) atoms. The van der Waals surface area contributed by atoms with Crippen LogP contribution in [-0.2, 0) is 6.42 Å². The summed E-state index contributed by atoms with van der Waals surface area (Å²) in [6, 6.07) is 0. The monoisotopic (exact) mass is 248 g/mol. The number of rotatable bonds is 2. The number of aryl methyl sites for hydroxylation is 1. The van der Waals surface area contributed by atoms with E-state index in [1.54, 1.807) is 0 Å². The number of Topliss-reactive ketones (excluding diaryl/α,β-unsaturated/α-hetero) is 1. The van der Waals surface area contributed by atoms with Crippen molar-refractivity contribution in [2.45, 2.75) is 50.9 Å². The molecule has 0 radical (unpaired) electrons. The van der Waals surface area contributed by atoms with Gasteiger partial charge in [-0.2, -0.15) is 0 Å². The minimum atomic E-state index is -1.04. The fourth-order valence-electron chi connectivity index (χ4n) is 3.27. The molecule has 1 N–H and O–H groups in total. The smallest absolute Gasteiger partial charge is 0.372 e. The Morgan fingerprint density at radius 1 is 1.17 bits per heavy atom. The summed E-state index contributed by atoms with van der Waals surface area (Å²) >= 11 is 0. The number of hydrogen-bond acceptors (Lipinski definition) is 3. The molecule has 4 heteroatoms. The summed E-state index contributed by atoms with van der Waals surface area (Å²) in [6.07, 6.45) is 6.14. The van der Waals surface area contributed by atoms with Crippen LogP contribution in [0.3, 0.4) is 0 Å². The van der Waals surface area contributed by atoms with Crippen molar-refractivity contribution >= 4 is 11.8 Å². The van der Waals surface area contributed by atoms with Crippen molar-refractivity contribution in [2.75, 3.05) is 0 Å². The van der Waals surface area contributed by atoms with Crippen LogP contribution < -0.4 is 0 Å². The maximum absolute atomic E-state index is 12.0. The molecule has 1 fully saturated rings. The van der Waals surface area contributed by atoms with Crippen molar-refractivity contribution in [3.63, 3.8) is 0 Å². The lowest BCUT2D eigenvalue weighted by molar-refractivity contribution is 0.0657. The van der Waals surface area contributed by atoms with Crippen LogP contribution in [0.5, 0.6) is 0 Å². The van der Waals surface area contributed by atoms with E-state index in [0.717, 1.165) is 32.1 Å². The number of carbonyl (C=O) groups is 2. The molecule has 4 nitrogen and oxygen atoms in total. The Bertz CT molecular complexity index is 506. The molecule has 0 spiro atoms. The summed E-state index contributed by atoms with van der Waals surface area (Å²) in [5, 5.41) is 9.26. The second-order valence-electron chi connectivity index (χ2n) is 5.21. The Kier molecular flexibility index (Phi) is 2.73. The molecule has 96 valence electrons. The highest BCUT2D eigenvalue weighted by Crippen LogP contribution is 2.42. The highest BCUT2D eigenvalue weighted by Gasteiger charge is 2.35. The summed E-state index contributed by atoms with van der Waals surface area (Å²) in [7, 11) is 0. The number of aromatic carboxylic acids is 1. The minimum Gasteiger partial charge on any atom is -0.475 e. The predicted octanol–water partition coefficient (Wildman–Crippen LogP) is 3.15. The third-order valence-electron chi connectivity index (χ3n) is 4.06. The van der Waals surface area contributed by atoms with Crippen LogP contribution in [0.15, 0.2) is 4.42 Å². The van der Waals surface area contributed by atoms with Crippen molar-refractivity contribution in [3.05, 3.63) is 22.6 Å². The summed E-state index contributed by atoms with van der Waals surface area (Å²) in [4.78, 5) is 23.3. The number of fused-ring (bicyclic) bond motifs is 1. The molecule has 0 aliphatic heterocycles. The van der Waals surface area contributed by atoms with Gasteiger partial charge in [-0.3, -0.25) is 4.79 Å². The lowest BCUT2D eigenvalue weighted by Gasteiger charge is -2.13. The van der Waals surface area contributed by atoms with Crippen LogP contribution >= 0.6 is 0 Å². The standard InChI is InChI=1S/C14H16O4/c15-9-6-3-7-10-12(9)11(8-4-1-2-5-8)13(18-10)14(16)17/h8H,1-7H2,(H,16,17). The first-order chi connectivity index (χ1) is 8.68. The van der Waals surface area contributed by atoms with E-state index in [2.05, 4.69) is 0 Å². The van der Waals surface area contributed by atoms with Crippen LogP contribution in [0, 0.1) is 0 Å². The van der Waals surface area contributed by atoms with Gasteiger partial charge >= 0.3 is 5.97 Å². The fraction of sp³-hybridized carbons (Fsp3) is 0.571. The first-order valence-corrected chi connectivity index (χ1v) is 6.60. The number of ketones is 1. The average molecular weight is 248 g/mol. The van der Waals surface area contributed by atoms with E-state index in [1.807, 2.05) is 0 Å². The number of carboxylic acids is 1. The second-order valence-corrected chi connectivity index (χ2v) is 5.21. The van der Waals surface area contributed by atoms with E-state index in [4.69, 9.17) is 4.42 Å². The van der Waals surface area contributed by atoms with Crippen molar-refractivity contribution in [1.29, 1.82) is 0 Å². The van der Waals surface area contributed by atoms with E-state index in [0.29, 0.717) is 29.7 Å². The third kappa shape index (κ3) is 1.67. The zero-order chi connectivity index (χ0) is 12.7. The number of hydrogen-bond donors (Lipinski definition) is 1. The lowest BCUT2D eigenvalue weighted by atomic mass is 9.86. The Hall–Kier alpha value is -1.58. The molecule has 1 aromatic heterocycles. The van der Waals surface area contributed by atoms with E-state index in [1.165, 1.54) is 0 Å². The van der Waals surface area contributed by atoms with Crippen molar-refractivity contribution in [1.82, 2.24) is 0 Å². The largest absolute Gasteiger partial charge is 0.475 e. The van der Waals surface area contributed by atoms with Gasteiger partial charge in [-0.1, -0.05) is 12.8 Å². The predicted molar refractivity (Wildman–Crippen MR) is 64.1 cm³/mol. The summed E-state index contributed by atoms with van der Waals surface area (Å²) in [6.45, 7) is 0. The maximum atomic E-state index is 12.0. The normalized spacial score (nSPS) is 20.1. The Morgan fingerprint density at radius 2 is 1.89 bits per heavy atom. The van der Waals surface area contributed by atoms with Crippen molar-refractivity contribution in [2.24, 2.45) is 0 Å². The van der Waals surface area contributed by atoms with Crippen molar-refractivity contribution < 1.29 is 19.1 Å². The SMILES string of the molecule is O=C(O)c1oc2c(c1C1CCCC1)C(=O)CCC2. The van der Waals surface area contributed by atoms with Gasteiger partial charge in [0.25, 0.3) is 0 Å². The first kappa shape index (κ1) is 11.5. The minimum absolute atomic E-state index is 0.0159. The van der Waals surface area contributed by atoms with E-state index in [9.17, 15) is 14.7 Å². The van der Waals surface area contributed by atoms with Crippen LogP contribution in [-0.4, -0.2) is 16.9 Å². The van der Waals surface area contributed by atoms with Gasteiger partial charge in [-0.15, -0.1) is 0 Å². The summed E-state index contributed by atoms with van der Waals surface area (Å²) in [5.41, 5.74) is 1.30. The molecular weight excluding hydrogens is 232 g/mol. The molecule has 1 heterocycles. The van der Waals surface area contributed by atoms with Gasteiger partial charge in [0, 0.05) is 18.4 Å². The van der Waals surface area contributed by atoms with Gasteiger partial charge in [0.1, 0.15) is 5.76 Å². The number of carboxylic acid groups (broad SMARTS) is 1. The summed E-state index contributed by atoms with van der Waals surface area (Å²) < 4.78 is 5.46. The van der Waals surface area contributed by atoms with Gasteiger partial charge in [0.05, 0.1) is 5.56 Å². The molecular formula is C14H16O4. The lowest BCUT2D eigenvalue weighted by Crippen LogP contribution is -2.12. The molecule has 0 aromatic carbocycles. The first-order valence-electron chi connectivity index (χ1n) is 6.60. The van der Waals surface area contributed by atoms with E-state index < -0.39 is 5.97 Å². The topological polar surface area (TPSA) is 67.5 Å². The van der Waals surface area contributed by atoms with Gasteiger partial charge in [0.15, 0.2) is 5.78 Å². The van der Waals surface area contributed by atoms with Crippen LogP contribution in [0.2, 0.25) is 0 Å². The quantitative estimate of drug-likeness (QED) is 0.872. The Labute approximate surface area is 105 Å². The van der Waals surface area contributed by atoms with E-state index in [-0.39, 0.29) is 17.5 Å². The summed E-state index contributed by atoms with van der Waals surface area (Å²) in [5.74, 6) is -0.160. The van der Waals surface area contributed by atoms with E-state index >= 15 is 0 Å². The molecule has 1 aromatic rings. The molecule has 2 aliphatic rings. The van der Waals surface area contributed by atoms with Crippen molar-refractivity contribution in [3.8, 4) is 0 Å². The number of furan rings is 1. The van der Waals surface area contributed by atoms with Gasteiger partial charge in [-0.25, -0.2) is 4.79 Å². The van der Waals surface area contributed by atoms with Gasteiger partial charge < -0.3 is 9.52 Å². The molecule has 0 unspecified atom stereocenters. The average Bonchev–Trinajstić information content (AvgIpc) is 2.95. The van der Waals surface area contributed by atoms with Gasteiger partial charge in [-0.05, 0) is 25.2 Å². The highest BCUT2D eigenvalue weighted by molar-refractivity contribution is 6.02. The Morgan fingerprint density at radius 3 is 2.56 bits per heavy atom. The molecule has 0 atom stereocenters. The zero-order valence-corrected chi connectivity index (χ0v) is 10.2. The molecule has 2 aliphatic carbocycles. The molecule has 3 rings (SSSR count). The fourth-order valence-corrected chi connectivity index (χ4v) is 3.27. The third-order valence-corrected chi connectivity index (χ3v) is 4.06. The maximum Gasteiger partial charge on any atom is 0.372 e. The zero-order valence-electron chi connectivity index (χ0n) is 10.2. The van der Waals surface area contributed by atoms with Crippen LogP contribution in [0.1, 0.15) is 76.7 Å². The van der Waals surface area contributed by atoms with Crippen LogP contribution in [0.25, 0.3) is 0 Å². The second kappa shape index (κ2) is 4.26. The van der Waals surface area contributed by atoms with Gasteiger partial charge in [0.2, 0.25) is 5.76 Å².